The number of hydrogen-bond donors (Lipinski definition) is 1. The minimum atomic E-state index is -0.569. The molecule has 2 aromatic rings. The predicted molar refractivity (Wildman–Crippen MR) is 94.4 cm³/mol. The first-order chi connectivity index (χ1) is 12.6. The minimum absolute atomic E-state index is 0.0791. The van der Waals surface area contributed by atoms with Crippen molar-refractivity contribution in [2.45, 2.75) is 6.10 Å². The third kappa shape index (κ3) is 4.05. The SMILES string of the molecule is COc1ccccc1OC1CN(C(=O)c2cccc(OCC(N)=O)c2)C1. The topological polar surface area (TPSA) is 91.1 Å². The van der Waals surface area contributed by atoms with Gasteiger partial charge in [-0.05, 0) is 30.3 Å². The smallest absolute Gasteiger partial charge is 0.255 e. The molecule has 0 aromatic heterocycles. The number of amides is 2. The highest BCUT2D eigenvalue weighted by atomic mass is 16.5. The number of para-hydroxylation sites is 2. The van der Waals surface area contributed by atoms with Crippen molar-refractivity contribution in [2.75, 3.05) is 26.8 Å². The zero-order valence-electron chi connectivity index (χ0n) is 14.4. The average Bonchev–Trinajstić information content (AvgIpc) is 2.62. The Morgan fingerprint density at radius 3 is 2.54 bits per heavy atom. The number of benzene rings is 2. The Hall–Kier alpha value is -3.22. The summed E-state index contributed by atoms with van der Waals surface area (Å²) < 4.78 is 16.4. The summed E-state index contributed by atoms with van der Waals surface area (Å²) in [6.07, 6.45) is -0.0791. The lowest BCUT2D eigenvalue weighted by Gasteiger charge is -2.39. The monoisotopic (exact) mass is 356 g/mol. The van der Waals surface area contributed by atoms with Crippen LogP contribution in [0.3, 0.4) is 0 Å². The number of likely N-dealkylation sites (tertiary alicyclic amines) is 1. The van der Waals surface area contributed by atoms with E-state index in [2.05, 4.69) is 0 Å². The highest BCUT2D eigenvalue weighted by molar-refractivity contribution is 5.95. The van der Waals surface area contributed by atoms with E-state index in [1.54, 1.807) is 36.3 Å². The van der Waals surface area contributed by atoms with E-state index in [1.165, 1.54) is 0 Å². The fourth-order valence-corrected chi connectivity index (χ4v) is 2.63. The Labute approximate surface area is 151 Å². The third-order valence-electron chi connectivity index (χ3n) is 3.96. The molecule has 7 nitrogen and oxygen atoms in total. The summed E-state index contributed by atoms with van der Waals surface area (Å²) >= 11 is 0. The molecule has 0 saturated carbocycles. The highest BCUT2D eigenvalue weighted by Crippen LogP contribution is 2.29. The van der Waals surface area contributed by atoms with E-state index in [0.29, 0.717) is 35.9 Å². The summed E-state index contributed by atoms with van der Waals surface area (Å²) in [7, 11) is 1.59. The quantitative estimate of drug-likeness (QED) is 0.811. The number of primary amides is 1. The van der Waals surface area contributed by atoms with Gasteiger partial charge in [0.1, 0.15) is 11.9 Å². The number of carbonyl (C=O) groups is 2. The van der Waals surface area contributed by atoms with Crippen LogP contribution in [0.25, 0.3) is 0 Å². The van der Waals surface area contributed by atoms with Crippen LogP contribution in [0.15, 0.2) is 48.5 Å². The van der Waals surface area contributed by atoms with Gasteiger partial charge < -0.3 is 24.8 Å². The van der Waals surface area contributed by atoms with Gasteiger partial charge >= 0.3 is 0 Å². The van der Waals surface area contributed by atoms with E-state index in [-0.39, 0.29) is 18.6 Å². The van der Waals surface area contributed by atoms with E-state index in [1.807, 2.05) is 24.3 Å². The molecule has 3 rings (SSSR count). The Kier molecular flexibility index (Phi) is 5.26. The fraction of sp³-hybridized carbons (Fsp3) is 0.263. The lowest BCUT2D eigenvalue weighted by Crippen LogP contribution is -2.56. The number of ether oxygens (including phenoxy) is 3. The molecule has 2 aromatic carbocycles. The predicted octanol–water partition coefficient (Wildman–Crippen LogP) is 1.46. The first-order valence-corrected chi connectivity index (χ1v) is 8.17. The molecule has 0 spiro atoms. The molecule has 0 atom stereocenters. The Balaban J connectivity index is 1.56. The Morgan fingerprint density at radius 2 is 1.85 bits per heavy atom. The van der Waals surface area contributed by atoms with Crippen LogP contribution in [0.1, 0.15) is 10.4 Å². The van der Waals surface area contributed by atoms with Gasteiger partial charge in [0.25, 0.3) is 11.8 Å². The molecule has 0 aliphatic carbocycles. The van der Waals surface area contributed by atoms with Crippen LogP contribution < -0.4 is 19.9 Å². The second-order valence-corrected chi connectivity index (χ2v) is 5.88. The molecular formula is C19H20N2O5. The van der Waals surface area contributed by atoms with Crippen molar-refractivity contribution in [1.82, 2.24) is 4.90 Å². The lowest BCUT2D eigenvalue weighted by atomic mass is 10.1. The van der Waals surface area contributed by atoms with Gasteiger partial charge in [-0.15, -0.1) is 0 Å². The molecule has 26 heavy (non-hydrogen) atoms. The molecule has 1 fully saturated rings. The zero-order valence-corrected chi connectivity index (χ0v) is 14.4. The number of carbonyl (C=O) groups excluding carboxylic acids is 2. The highest BCUT2D eigenvalue weighted by Gasteiger charge is 2.33. The van der Waals surface area contributed by atoms with Gasteiger partial charge in [0.2, 0.25) is 0 Å². The third-order valence-corrected chi connectivity index (χ3v) is 3.96. The van der Waals surface area contributed by atoms with E-state index < -0.39 is 5.91 Å². The van der Waals surface area contributed by atoms with E-state index in [9.17, 15) is 9.59 Å². The van der Waals surface area contributed by atoms with Crippen LogP contribution in [0.5, 0.6) is 17.2 Å². The first kappa shape index (κ1) is 17.6. The summed E-state index contributed by atoms with van der Waals surface area (Å²) in [4.78, 5) is 25.0. The van der Waals surface area contributed by atoms with Crippen molar-refractivity contribution in [3.63, 3.8) is 0 Å². The minimum Gasteiger partial charge on any atom is -0.493 e. The molecule has 1 aliphatic rings. The average molecular weight is 356 g/mol. The van der Waals surface area contributed by atoms with Gasteiger partial charge in [-0.2, -0.15) is 0 Å². The number of nitrogens with two attached hydrogens (primary N) is 1. The van der Waals surface area contributed by atoms with Crippen molar-refractivity contribution in [3.05, 3.63) is 54.1 Å². The second kappa shape index (κ2) is 7.77. The van der Waals surface area contributed by atoms with Gasteiger partial charge in [0.15, 0.2) is 18.1 Å². The molecule has 0 unspecified atom stereocenters. The van der Waals surface area contributed by atoms with Crippen LogP contribution in [0.2, 0.25) is 0 Å². The number of hydrogen-bond acceptors (Lipinski definition) is 5. The lowest BCUT2D eigenvalue weighted by molar-refractivity contribution is -0.119. The first-order valence-electron chi connectivity index (χ1n) is 8.17. The summed E-state index contributed by atoms with van der Waals surface area (Å²) in [5, 5.41) is 0. The maximum atomic E-state index is 12.5. The second-order valence-electron chi connectivity index (χ2n) is 5.88. The van der Waals surface area contributed by atoms with Crippen LogP contribution in [-0.4, -0.2) is 49.6 Å². The molecule has 136 valence electrons. The van der Waals surface area contributed by atoms with Crippen molar-refractivity contribution in [1.29, 1.82) is 0 Å². The van der Waals surface area contributed by atoms with Crippen molar-refractivity contribution < 1.29 is 23.8 Å². The molecule has 0 bridgehead atoms. The molecule has 1 saturated heterocycles. The van der Waals surface area contributed by atoms with Crippen molar-refractivity contribution in [3.8, 4) is 17.2 Å². The molecule has 7 heteroatoms. The van der Waals surface area contributed by atoms with Gasteiger partial charge in [-0.3, -0.25) is 9.59 Å². The van der Waals surface area contributed by atoms with Gasteiger partial charge in [0, 0.05) is 5.56 Å². The summed E-state index contributed by atoms with van der Waals surface area (Å²) in [5.41, 5.74) is 5.54. The van der Waals surface area contributed by atoms with Crippen LogP contribution in [0.4, 0.5) is 0 Å². The van der Waals surface area contributed by atoms with Crippen LogP contribution >= 0.6 is 0 Å². The Bertz CT molecular complexity index is 802. The van der Waals surface area contributed by atoms with E-state index in [4.69, 9.17) is 19.9 Å². The van der Waals surface area contributed by atoms with Crippen LogP contribution in [0, 0.1) is 0 Å². The summed E-state index contributed by atoms with van der Waals surface area (Å²) in [6, 6.07) is 14.1. The molecule has 2 amide bonds. The number of nitrogens with zero attached hydrogens (tertiary/aromatic N) is 1. The zero-order chi connectivity index (χ0) is 18.5. The van der Waals surface area contributed by atoms with Crippen LogP contribution in [-0.2, 0) is 4.79 Å². The van der Waals surface area contributed by atoms with Gasteiger partial charge in [0.05, 0.1) is 20.2 Å². The summed E-state index contributed by atoms with van der Waals surface area (Å²) in [6.45, 7) is 0.753. The van der Waals surface area contributed by atoms with E-state index >= 15 is 0 Å². The molecular weight excluding hydrogens is 336 g/mol. The molecule has 0 radical (unpaired) electrons. The van der Waals surface area contributed by atoms with Gasteiger partial charge in [-0.25, -0.2) is 0 Å². The maximum Gasteiger partial charge on any atom is 0.255 e. The maximum absolute atomic E-state index is 12.5. The normalized spacial score (nSPS) is 13.7. The van der Waals surface area contributed by atoms with Crippen molar-refractivity contribution >= 4 is 11.8 Å². The summed E-state index contributed by atoms with van der Waals surface area (Å²) in [5.74, 6) is 1.07. The van der Waals surface area contributed by atoms with E-state index in [0.717, 1.165) is 0 Å². The molecule has 2 N–H and O–H groups in total. The standard InChI is InChI=1S/C19H20N2O5/c1-24-16-7-2-3-8-17(16)26-15-10-21(11-15)19(23)13-5-4-6-14(9-13)25-12-18(20)22/h2-9,15H,10-12H2,1H3,(H2,20,22). The van der Waals surface area contributed by atoms with Gasteiger partial charge in [-0.1, -0.05) is 18.2 Å². The largest absolute Gasteiger partial charge is 0.493 e. The Morgan fingerprint density at radius 1 is 1.12 bits per heavy atom. The number of rotatable bonds is 7. The van der Waals surface area contributed by atoms with Crippen molar-refractivity contribution in [2.24, 2.45) is 5.73 Å². The molecule has 1 aliphatic heterocycles. The molecule has 1 heterocycles. The number of methoxy groups -OCH3 is 1. The fourth-order valence-electron chi connectivity index (χ4n) is 2.63.